The third-order valence-electron chi connectivity index (χ3n) is 4.48. The van der Waals surface area contributed by atoms with Crippen molar-refractivity contribution in [2.24, 2.45) is 5.92 Å². The van der Waals surface area contributed by atoms with Gasteiger partial charge in [-0.1, -0.05) is 0 Å². The Balaban J connectivity index is 1.65. The maximum Gasteiger partial charge on any atom is 0.321 e. The number of urea groups is 1. The molecule has 2 fully saturated rings. The molecule has 7 heteroatoms. The van der Waals surface area contributed by atoms with Gasteiger partial charge in [-0.2, -0.15) is 0 Å². The number of piperidine rings is 1. The van der Waals surface area contributed by atoms with Crippen LogP contribution in [0, 0.1) is 17.6 Å². The Kier molecular flexibility index (Phi) is 4.50. The number of likely N-dealkylation sites (tertiary alicyclic amines) is 1. The lowest BCUT2D eigenvalue weighted by Gasteiger charge is -2.39. The van der Waals surface area contributed by atoms with Gasteiger partial charge >= 0.3 is 6.03 Å². The lowest BCUT2D eigenvalue weighted by Crippen LogP contribution is -2.49. The van der Waals surface area contributed by atoms with E-state index in [1.807, 2.05) is 6.92 Å². The summed E-state index contributed by atoms with van der Waals surface area (Å²) in [5.41, 5.74) is -0.0295. The van der Waals surface area contributed by atoms with Crippen molar-refractivity contribution in [1.29, 1.82) is 0 Å². The Morgan fingerprint density at radius 2 is 2.09 bits per heavy atom. The highest BCUT2D eigenvalue weighted by atomic mass is 19.1. The average Bonchev–Trinajstić information content (AvgIpc) is 2.98. The number of amides is 2. The van der Waals surface area contributed by atoms with Gasteiger partial charge in [-0.05, 0) is 31.9 Å². The van der Waals surface area contributed by atoms with Crippen LogP contribution in [0.25, 0.3) is 0 Å². The predicted molar refractivity (Wildman–Crippen MR) is 80.0 cm³/mol. The topological polar surface area (TPSA) is 50.8 Å². The van der Waals surface area contributed by atoms with Gasteiger partial charge in [0, 0.05) is 25.1 Å². The van der Waals surface area contributed by atoms with Crippen LogP contribution in [-0.2, 0) is 9.47 Å². The molecule has 0 aromatic heterocycles. The van der Waals surface area contributed by atoms with Gasteiger partial charge < -0.3 is 19.7 Å². The largest absolute Gasteiger partial charge is 0.347 e. The van der Waals surface area contributed by atoms with Crippen molar-refractivity contribution in [3.05, 3.63) is 29.8 Å². The SMILES string of the molecule is CC1(C2CCCN(C(=O)Nc3ccc(F)cc3F)C2)OCCO1. The van der Waals surface area contributed by atoms with Crippen molar-refractivity contribution in [1.82, 2.24) is 4.90 Å². The van der Waals surface area contributed by atoms with E-state index in [0.717, 1.165) is 25.0 Å². The fourth-order valence-electron chi connectivity index (χ4n) is 3.14. The number of anilines is 1. The van der Waals surface area contributed by atoms with E-state index in [2.05, 4.69) is 5.32 Å². The molecule has 1 N–H and O–H groups in total. The lowest BCUT2D eigenvalue weighted by molar-refractivity contribution is -0.189. The van der Waals surface area contributed by atoms with Crippen LogP contribution in [0.1, 0.15) is 19.8 Å². The van der Waals surface area contributed by atoms with Gasteiger partial charge in [0.1, 0.15) is 11.6 Å². The number of hydrogen-bond donors (Lipinski definition) is 1. The van der Waals surface area contributed by atoms with Crippen LogP contribution >= 0.6 is 0 Å². The van der Waals surface area contributed by atoms with Gasteiger partial charge in [-0.15, -0.1) is 0 Å². The molecule has 2 amide bonds. The van der Waals surface area contributed by atoms with Crippen LogP contribution in [0.4, 0.5) is 19.3 Å². The molecule has 0 radical (unpaired) electrons. The van der Waals surface area contributed by atoms with Crippen LogP contribution in [0.15, 0.2) is 18.2 Å². The Bertz CT molecular complexity index is 591. The smallest absolute Gasteiger partial charge is 0.321 e. The van der Waals surface area contributed by atoms with E-state index in [1.54, 1.807) is 4.90 Å². The number of carbonyl (C=O) groups excluding carboxylic acids is 1. The quantitative estimate of drug-likeness (QED) is 0.909. The van der Waals surface area contributed by atoms with E-state index in [0.29, 0.717) is 26.3 Å². The number of nitrogens with one attached hydrogen (secondary N) is 1. The normalized spacial score (nSPS) is 23.8. The highest BCUT2D eigenvalue weighted by molar-refractivity contribution is 5.89. The monoisotopic (exact) mass is 326 g/mol. The van der Waals surface area contributed by atoms with Crippen molar-refractivity contribution in [3.8, 4) is 0 Å². The second-order valence-corrected chi connectivity index (χ2v) is 6.05. The Morgan fingerprint density at radius 1 is 1.35 bits per heavy atom. The highest BCUT2D eigenvalue weighted by Crippen LogP contribution is 2.34. The third-order valence-corrected chi connectivity index (χ3v) is 4.48. The van der Waals surface area contributed by atoms with Crippen molar-refractivity contribution in [2.45, 2.75) is 25.6 Å². The zero-order valence-corrected chi connectivity index (χ0v) is 13.0. The Morgan fingerprint density at radius 3 is 2.78 bits per heavy atom. The summed E-state index contributed by atoms with van der Waals surface area (Å²) in [6.45, 7) is 4.07. The fraction of sp³-hybridized carbons (Fsp3) is 0.562. The number of benzene rings is 1. The van der Waals surface area contributed by atoms with Crippen LogP contribution < -0.4 is 5.32 Å². The van der Waals surface area contributed by atoms with Crippen LogP contribution in [0.3, 0.4) is 0 Å². The minimum atomic E-state index is -0.790. The van der Waals surface area contributed by atoms with E-state index in [-0.39, 0.29) is 11.6 Å². The van der Waals surface area contributed by atoms with Crippen molar-refractivity contribution >= 4 is 11.7 Å². The molecule has 2 aliphatic rings. The van der Waals surface area contributed by atoms with E-state index in [1.165, 1.54) is 6.07 Å². The summed E-state index contributed by atoms with van der Waals surface area (Å²) < 4.78 is 37.9. The van der Waals surface area contributed by atoms with Crippen LogP contribution in [0.5, 0.6) is 0 Å². The summed E-state index contributed by atoms with van der Waals surface area (Å²) in [4.78, 5) is 14.0. The maximum atomic E-state index is 13.6. The van der Waals surface area contributed by atoms with Crippen molar-refractivity contribution < 1.29 is 23.0 Å². The number of hydrogen-bond acceptors (Lipinski definition) is 3. The van der Waals surface area contributed by atoms with Gasteiger partial charge in [0.05, 0.1) is 18.9 Å². The summed E-state index contributed by atoms with van der Waals surface area (Å²) in [7, 11) is 0. The molecule has 2 saturated heterocycles. The molecule has 2 heterocycles. The van der Waals surface area contributed by atoms with E-state index < -0.39 is 23.5 Å². The number of nitrogens with zero attached hydrogens (tertiary/aromatic N) is 1. The molecule has 5 nitrogen and oxygen atoms in total. The first-order chi connectivity index (χ1) is 11.0. The predicted octanol–water partition coefficient (Wildman–Crippen LogP) is 2.97. The van der Waals surface area contributed by atoms with Gasteiger partial charge in [0.2, 0.25) is 0 Å². The molecular formula is C16H20F2N2O3. The number of ether oxygens (including phenoxy) is 2. The second-order valence-electron chi connectivity index (χ2n) is 6.05. The van der Waals surface area contributed by atoms with Crippen molar-refractivity contribution in [3.63, 3.8) is 0 Å². The molecule has 1 unspecified atom stereocenters. The van der Waals surface area contributed by atoms with E-state index in [9.17, 15) is 13.6 Å². The molecule has 0 bridgehead atoms. The van der Waals surface area contributed by atoms with E-state index >= 15 is 0 Å². The van der Waals surface area contributed by atoms with Gasteiger partial charge in [-0.3, -0.25) is 0 Å². The fourth-order valence-corrected chi connectivity index (χ4v) is 3.14. The molecule has 23 heavy (non-hydrogen) atoms. The van der Waals surface area contributed by atoms with Crippen LogP contribution in [0.2, 0.25) is 0 Å². The number of rotatable bonds is 2. The Hall–Kier alpha value is -1.73. The molecule has 1 aromatic carbocycles. The zero-order valence-electron chi connectivity index (χ0n) is 13.0. The van der Waals surface area contributed by atoms with Gasteiger partial charge in [-0.25, -0.2) is 13.6 Å². The van der Waals surface area contributed by atoms with Crippen molar-refractivity contribution in [2.75, 3.05) is 31.6 Å². The summed E-state index contributed by atoms with van der Waals surface area (Å²) in [5, 5.41) is 2.49. The third kappa shape index (κ3) is 3.45. The minimum Gasteiger partial charge on any atom is -0.347 e. The molecule has 0 spiro atoms. The standard InChI is InChI=1S/C16H20F2N2O3/c1-16(22-7-8-23-16)11-3-2-6-20(10-11)15(21)19-14-5-4-12(17)9-13(14)18/h4-5,9,11H,2-3,6-8,10H2,1H3,(H,19,21). The van der Waals surface area contributed by atoms with Gasteiger partial charge in [0.15, 0.2) is 5.79 Å². The summed E-state index contributed by atoms with van der Waals surface area (Å²) in [5.74, 6) is -2.06. The molecule has 3 rings (SSSR count). The van der Waals surface area contributed by atoms with E-state index in [4.69, 9.17) is 9.47 Å². The molecule has 0 saturated carbocycles. The second kappa shape index (κ2) is 6.41. The molecule has 1 atom stereocenters. The first-order valence-corrected chi connectivity index (χ1v) is 7.77. The zero-order chi connectivity index (χ0) is 16.4. The average molecular weight is 326 g/mol. The van der Waals surface area contributed by atoms with Crippen LogP contribution in [-0.4, -0.2) is 43.0 Å². The molecule has 2 aliphatic heterocycles. The highest BCUT2D eigenvalue weighted by Gasteiger charge is 2.42. The number of carbonyl (C=O) groups is 1. The number of halogens is 2. The lowest BCUT2D eigenvalue weighted by atomic mass is 9.90. The summed E-state index contributed by atoms with van der Waals surface area (Å²) in [6.07, 6.45) is 1.73. The molecular weight excluding hydrogens is 306 g/mol. The minimum absolute atomic E-state index is 0.0295. The molecule has 0 aliphatic carbocycles. The first kappa shape index (κ1) is 16.1. The first-order valence-electron chi connectivity index (χ1n) is 7.77. The molecule has 1 aromatic rings. The Labute approximate surface area is 133 Å². The molecule has 126 valence electrons. The summed E-state index contributed by atoms with van der Waals surface area (Å²) in [6, 6.07) is 2.67. The summed E-state index contributed by atoms with van der Waals surface area (Å²) >= 11 is 0. The maximum absolute atomic E-state index is 13.6. The van der Waals surface area contributed by atoms with Gasteiger partial charge in [0.25, 0.3) is 0 Å².